The summed E-state index contributed by atoms with van der Waals surface area (Å²) in [5.74, 6) is -0.616. The predicted molar refractivity (Wildman–Crippen MR) is 70.4 cm³/mol. The normalized spacial score (nSPS) is 11.1. The summed E-state index contributed by atoms with van der Waals surface area (Å²) in [6, 6.07) is 7.03. The summed E-state index contributed by atoms with van der Waals surface area (Å²) >= 11 is 6.08. The first-order valence-electron chi connectivity index (χ1n) is 5.51. The second-order valence-corrected chi connectivity index (χ2v) is 4.51. The third kappa shape index (κ3) is 1.79. The third-order valence-electron chi connectivity index (χ3n) is 2.91. The van der Waals surface area contributed by atoms with Crippen LogP contribution in [0.5, 0.6) is 0 Å². The highest BCUT2D eigenvalue weighted by molar-refractivity contribution is 6.35. The molecule has 0 spiro atoms. The van der Waals surface area contributed by atoms with E-state index in [4.69, 9.17) is 21.1 Å². The van der Waals surface area contributed by atoms with Gasteiger partial charge in [0.05, 0.1) is 11.2 Å². The summed E-state index contributed by atoms with van der Waals surface area (Å²) in [6.07, 6.45) is 1.30. The highest BCUT2D eigenvalue weighted by Crippen LogP contribution is 2.33. The Bertz CT molecular complexity index is 788. The maximum Gasteiger partial charge on any atom is 0.339 e. The quantitative estimate of drug-likeness (QED) is 0.780. The van der Waals surface area contributed by atoms with E-state index in [2.05, 4.69) is 5.10 Å². The van der Waals surface area contributed by atoms with Gasteiger partial charge in [-0.25, -0.2) is 4.79 Å². The molecule has 3 rings (SSSR count). The molecule has 1 N–H and O–H groups in total. The maximum atomic E-state index is 11.2. The molecule has 19 heavy (non-hydrogen) atoms. The van der Waals surface area contributed by atoms with Crippen LogP contribution in [-0.4, -0.2) is 20.9 Å². The van der Waals surface area contributed by atoms with Gasteiger partial charge in [-0.05, 0) is 18.2 Å². The van der Waals surface area contributed by atoms with E-state index in [1.165, 1.54) is 10.9 Å². The number of rotatable bonds is 2. The Kier molecular flexibility index (Phi) is 2.57. The largest absolute Gasteiger partial charge is 0.478 e. The van der Waals surface area contributed by atoms with Crippen LogP contribution >= 0.6 is 11.6 Å². The Morgan fingerprint density at radius 1 is 1.47 bits per heavy atom. The Balaban J connectivity index is 2.28. The second kappa shape index (κ2) is 4.13. The van der Waals surface area contributed by atoms with Gasteiger partial charge in [0.25, 0.3) is 0 Å². The summed E-state index contributed by atoms with van der Waals surface area (Å²) in [6.45, 7) is 0. The summed E-state index contributed by atoms with van der Waals surface area (Å²) < 4.78 is 7.12. The number of benzene rings is 1. The molecule has 0 unspecified atom stereocenters. The van der Waals surface area contributed by atoms with Crippen molar-refractivity contribution < 1.29 is 14.3 Å². The van der Waals surface area contributed by atoms with Gasteiger partial charge in [0.15, 0.2) is 5.76 Å². The van der Waals surface area contributed by atoms with Gasteiger partial charge in [-0.2, -0.15) is 5.10 Å². The van der Waals surface area contributed by atoms with E-state index >= 15 is 0 Å². The minimum absolute atomic E-state index is 0.0951. The molecule has 0 atom stereocenters. The number of hydrogen-bond donors (Lipinski definition) is 1. The molecule has 5 nitrogen and oxygen atoms in total. The number of carbonyl (C=O) groups is 1. The monoisotopic (exact) mass is 276 g/mol. The zero-order valence-electron chi connectivity index (χ0n) is 9.92. The van der Waals surface area contributed by atoms with Gasteiger partial charge in [-0.15, -0.1) is 0 Å². The minimum atomic E-state index is -1.05. The van der Waals surface area contributed by atoms with Gasteiger partial charge in [0, 0.05) is 12.4 Å². The number of carboxylic acid groups (broad SMARTS) is 1. The molecule has 96 valence electrons. The number of hydrogen-bond acceptors (Lipinski definition) is 3. The molecule has 2 heterocycles. The van der Waals surface area contributed by atoms with Crippen LogP contribution in [0.15, 0.2) is 34.9 Å². The second-order valence-electron chi connectivity index (χ2n) is 4.10. The van der Waals surface area contributed by atoms with E-state index in [0.717, 1.165) is 5.39 Å². The van der Waals surface area contributed by atoms with Gasteiger partial charge >= 0.3 is 5.97 Å². The molecule has 0 fully saturated rings. The van der Waals surface area contributed by atoms with Gasteiger partial charge < -0.3 is 9.52 Å². The zero-order chi connectivity index (χ0) is 13.6. The topological polar surface area (TPSA) is 68.3 Å². The molecule has 0 saturated heterocycles. The van der Waals surface area contributed by atoms with Crippen molar-refractivity contribution in [2.75, 3.05) is 0 Å². The summed E-state index contributed by atoms with van der Waals surface area (Å²) in [5, 5.41) is 14.4. The van der Waals surface area contributed by atoms with E-state index in [-0.39, 0.29) is 5.56 Å². The third-order valence-corrected chi connectivity index (χ3v) is 3.24. The Morgan fingerprint density at radius 2 is 2.26 bits per heavy atom. The first kappa shape index (κ1) is 11.8. The van der Waals surface area contributed by atoms with Crippen LogP contribution in [0, 0.1) is 0 Å². The Hall–Kier alpha value is -2.27. The number of furan rings is 1. The maximum absolute atomic E-state index is 11.2. The minimum Gasteiger partial charge on any atom is -0.478 e. The predicted octanol–water partition coefficient (Wildman–Crippen LogP) is 3.18. The number of halogens is 1. The SMILES string of the molecule is Cn1ncc(C(=O)O)c1-c1cc2c(Cl)cccc2o1. The molecule has 1 aromatic carbocycles. The van der Waals surface area contributed by atoms with E-state index in [9.17, 15) is 4.79 Å². The van der Waals surface area contributed by atoms with Crippen molar-refractivity contribution in [3.63, 3.8) is 0 Å². The van der Waals surface area contributed by atoms with Crippen molar-refractivity contribution in [1.29, 1.82) is 0 Å². The highest BCUT2D eigenvalue weighted by atomic mass is 35.5. The molecule has 0 aliphatic rings. The number of nitrogens with zero attached hydrogens (tertiary/aromatic N) is 2. The Labute approximate surface area is 113 Å². The smallest absolute Gasteiger partial charge is 0.339 e. The molecule has 6 heteroatoms. The number of aromatic nitrogens is 2. The van der Waals surface area contributed by atoms with Crippen LogP contribution in [0.1, 0.15) is 10.4 Å². The van der Waals surface area contributed by atoms with Crippen molar-refractivity contribution in [2.24, 2.45) is 7.05 Å². The van der Waals surface area contributed by atoms with Gasteiger partial charge in [0.2, 0.25) is 0 Å². The molecule has 0 amide bonds. The molecule has 0 saturated carbocycles. The van der Waals surface area contributed by atoms with Gasteiger partial charge in [-0.1, -0.05) is 17.7 Å². The molecular formula is C13H9ClN2O3. The average Bonchev–Trinajstić information content (AvgIpc) is 2.92. The lowest BCUT2D eigenvalue weighted by Crippen LogP contribution is -1.99. The first-order chi connectivity index (χ1) is 9.08. The van der Waals surface area contributed by atoms with E-state index in [0.29, 0.717) is 22.1 Å². The van der Waals surface area contributed by atoms with Crippen molar-refractivity contribution in [1.82, 2.24) is 9.78 Å². The lowest BCUT2D eigenvalue weighted by atomic mass is 10.2. The number of aromatic carboxylic acids is 1. The van der Waals surface area contributed by atoms with Gasteiger partial charge in [-0.3, -0.25) is 4.68 Å². The molecule has 2 aromatic heterocycles. The standard InChI is InChI=1S/C13H9ClN2O3/c1-16-12(8(6-15-16)13(17)18)11-5-7-9(14)3-2-4-10(7)19-11/h2-6H,1H3,(H,17,18). The fraction of sp³-hybridized carbons (Fsp3) is 0.0769. The van der Waals surface area contributed by atoms with Crippen LogP contribution in [0.25, 0.3) is 22.4 Å². The number of aryl methyl sites for hydroxylation is 1. The van der Waals surface area contributed by atoms with Crippen LogP contribution < -0.4 is 0 Å². The summed E-state index contributed by atoms with van der Waals surface area (Å²) in [7, 11) is 1.66. The number of carboxylic acids is 1. The average molecular weight is 277 g/mol. The van der Waals surface area contributed by atoms with E-state index in [1.54, 1.807) is 31.3 Å². The van der Waals surface area contributed by atoms with Crippen molar-refractivity contribution in [3.05, 3.63) is 41.0 Å². The summed E-state index contributed by atoms with van der Waals surface area (Å²) in [5.41, 5.74) is 1.12. The fourth-order valence-electron chi connectivity index (χ4n) is 2.03. The van der Waals surface area contributed by atoms with Crippen molar-refractivity contribution in [2.45, 2.75) is 0 Å². The molecule has 0 aliphatic heterocycles. The van der Waals surface area contributed by atoms with Crippen LogP contribution in [0.3, 0.4) is 0 Å². The lowest BCUT2D eigenvalue weighted by Gasteiger charge is -1.99. The summed E-state index contributed by atoms with van der Waals surface area (Å²) in [4.78, 5) is 11.2. The lowest BCUT2D eigenvalue weighted by molar-refractivity contribution is 0.0697. The van der Waals surface area contributed by atoms with Crippen LogP contribution in [0.2, 0.25) is 5.02 Å². The van der Waals surface area contributed by atoms with E-state index < -0.39 is 5.97 Å². The Morgan fingerprint density at radius 3 is 2.95 bits per heavy atom. The molecule has 3 aromatic rings. The van der Waals surface area contributed by atoms with Crippen molar-refractivity contribution in [3.8, 4) is 11.5 Å². The number of fused-ring (bicyclic) bond motifs is 1. The van der Waals surface area contributed by atoms with Crippen molar-refractivity contribution >= 4 is 28.5 Å². The van der Waals surface area contributed by atoms with E-state index in [1.807, 2.05) is 0 Å². The van der Waals surface area contributed by atoms with Crippen LogP contribution in [0.4, 0.5) is 0 Å². The molecular weight excluding hydrogens is 268 g/mol. The fourth-order valence-corrected chi connectivity index (χ4v) is 2.25. The molecule has 0 bridgehead atoms. The van der Waals surface area contributed by atoms with Gasteiger partial charge in [0.1, 0.15) is 16.8 Å². The van der Waals surface area contributed by atoms with Crippen LogP contribution in [-0.2, 0) is 7.05 Å². The molecule has 0 radical (unpaired) electrons. The molecule has 0 aliphatic carbocycles. The first-order valence-corrected chi connectivity index (χ1v) is 5.89. The highest BCUT2D eigenvalue weighted by Gasteiger charge is 2.20. The zero-order valence-corrected chi connectivity index (χ0v) is 10.7.